The monoisotopic (exact) mass is 692 g/mol. The second kappa shape index (κ2) is 13.4. The van der Waals surface area contributed by atoms with Gasteiger partial charge in [-0.3, -0.25) is 0 Å². The van der Waals surface area contributed by atoms with Gasteiger partial charge >= 0.3 is 5.97 Å². The fraction of sp³-hybridized carbons (Fsp3) is 0.0968. The first-order chi connectivity index (χ1) is 21.1. The van der Waals surface area contributed by atoms with Crippen LogP contribution in [-0.2, 0) is 11.4 Å². The van der Waals surface area contributed by atoms with Gasteiger partial charge in [0.2, 0.25) is 5.88 Å². The molecule has 7 nitrogen and oxygen atoms in total. The third-order valence-corrected chi connectivity index (χ3v) is 8.68. The summed E-state index contributed by atoms with van der Waals surface area (Å²) >= 11 is 30.4. The van der Waals surface area contributed by atoms with Crippen molar-refractivity contribution in [1.82, 2.24) is 0 Å². The zero-order chi connectivity index (χ0) is 31.5. The van der Waals surface area contributed by atoms with Gasteiger partial charge in [-0.15, -0.1) is 0 Å². The summed E-state index contributed by atoms with van der Waals surface area (Å²) in [6.07, 6.45) is 0. The van der Waals surface area contributed by atoms with E-state index in [4.69, 9.17) is 82.7 Å². The lowest BCUT2D eigenvalue weighted by molar-refractivity contribution is -0.136. The van der Waals surface area contributed by atoms with Crippen molar-refractivity contribution in [2.45, 2.75) is 12.5 Å². The number of ether oxygens (including phenoxy) is 4. The molecule has 0 saturated carbocycles. The number of nitrogens with zero attached hydrogens (tertiary/aromatic N) is 1. The molecule has 224 valence electrons. The molecule has 0 bridgehead atoms. The van der Waals surface area contributed by atoms with E-state index in [9.17, 15) is 14.4 Å². The molecule has 0 aliphatic carbocycles. The van der Waals surface area contributed by atoms with Crippen molar-refractivity contribution >= 4 is 64.0 Å². The van der Waals surface area contributed by atoms with Gasteiger partial charge in [-0.2, -0.15) is 5.26 Å². The Kier molecular flexibility index (Phi) is 9.64. The Balaban J connectivity index is 1.34. The summed E-state index contributed by atoms with van der Waals surface area (Å²) in [7, 11) is 0. The van der Waals surface area contributed by atoms with Crippen LogP contribution in [0.4, 0.5) is 4.39 Å². The number of rotatable bonds is 8. The fourth-order valence-electron chi connectivity index (χ4n) is 4.38. The first kappa shape index (κ1) is 31.6. The van der Waals surface area contributed by atoms with Gasteiger partial charge < -0.3 is 24.7 Å². The van der Waals surface area contributed by atoms with Crippen LogP contribution in [-0.4, -0.2) is 12.6 Å². The van der Waals surface area contributed by atoms with E-state index in [2.05, 4.69) is 6.07 Å². The predicted molar refractivity (Wildman–Crippen MR) is 166 cm³/mol. The van der Waals surface area contributed by atoms with Gasteiger partial charge in [0, 0.05) is 11.6 Å². The Morgan fingerprint density at radius 2 is 1.57 bits per heavy atom. The summed E-state index contributed by atoms with van der Waals surface area (Å²) in [5, 5.41) is 9.47. The number of benzene rings is 4. The molecule has 1 aliphatic heterocycles. The van der Waals surface area contributed by atoms with E-state index in [1.165, 1.54) is 24.3 Å². The Bertz CT molecular complexity index is 1810. The number of carbonyl (C=O) groups is 1. The minimum atomic E-state index is -0.807. The first-order valence-corrected chi connectivity index (χ1v) is 14.5. The van der Waals surface area contributed by atoms with Crippen LogP contribution in [0.1, 0.15) is 22.6 Å². The maximum absolute atomic E-state index is 13.2. The van der Waals surface area contributed by atoms with Crippen LogP contribution in [0.15, 0.2) is 78.2 Å². The Morgan fingerprint density at radius 3 is 2.25 bits per heavy atom. The summed E-state index contributed by atoms with van der Waals surface area (Å²) in [4.78, 5) is 12.6. The standard InChI is InChI=1S/C31H18Cl5FN2O5/c32-25-26(33)28(35)30(29(36)27(25)34)42-14-23(40)43-19-8-9-20-22(11-19)44-31(39)21(12-38)24(20)16-2-1-3-18(10-16)41-13-15-4-6-17(37)7-5-15/h1-11,24H,13-14,39H2. The van der Waals surface area contributed by atoms with Crippen LogP contribution >= 0.6 is 58.0 Å². The number of esters is 1. The molecule has 0 saturated heterocycles. The van der Waals surface area contributed by atoms with Crippen LogP contribution in [0.3, 0.4) is 0 Å². The highest BCUT2D eigenvalue weighted by Gasteiger charge is 2.31. The van der Waals surface area contributed by atoms with Crippen molar-refractivity contribution < 1.29 is 28.1 Å². The van der Waals surface area contributed by atoms with Crippen molar-refractivity contribution in [2.24, 2.45) is 5.73 Å². The van der Waals surface area contributed by atoms with Gasteiger partial charge in [-0.25, -0.2) is 9.18 Å². The molecule has 4 aromatic rings. The minimum Gasteiger partial charge on any atom is -0.489 e. The molecule has 4 aromatic carbocycles. The minimum absolute atomic E-state index is 0.0530. The zero-order valence-electron chi connectivity index (χ0n) is 22.2. The summed E-state index contributed by atoms with van der Waals surface area (Å²) in [5.74, 6) is -1.05. The lowest BCUT2D eigenvalue weighted by Crippen LogP contribution is -2.22. The largest absolute Gasteiger partial charge is 0.489 e. The van der Waals surface area contributed by atoms with E-state index in [-0.39, 0.29) is 66.2 Å². The summed E-state index contributed by atoms with van der Waals surface area (Å²) in [6, 6.07) is 19.9. The molecule has 0 amide bonds. The van der Waals surface area contributed by atoms with Gasteiger partial charge in [0.05, 0.1) is 21.0 Å². The van der Waals surface area contributed by atoms with Crippen molar-refractivity contribution in [3.63, 3.8) is 0 Å². The van der Waals surface area contributed by atoms with Gasteiger partial charge in [0.15, 0.2) is 12.4 Å². The predicted octanol–water partition coefficient (Wildman–Crippen LogP) is 8.87. The summed E-state index contributed by atoms with van der Waals surface area (Å²) in [5.41, 5.74) is 8.42. The molecule has 1 atom stereocenters. The number of fused-ring (bicyclic) bond motifs is 1. The fourth-order valence-corrected chi connectivity index (χ4v) is 5.61. The lowest BCUT2D eigenvalue weighted by atomic mass is 9.83. The zero-order valence-corrected chi connectivity index (χ0v) is 26.0. The van der Waals surface area contributed by atoms with E-state index >= 15 is 0 Å². The average molecular weight is 695 g/mol. The second-order valence-corrected chi connectivity index (χ2v) is 11.2. The van der Waals surface area contributed by atoms with E-state index in [0.717, 1.165) is 5.56 Å². The molecule has 1 unspecified atom stereocenters. The van der Waals surface area contributed by atoms with E-state index < -0.39 is 18.5 Å². The van der Waals surface area contributed by atoms with E-state index in [1.54, 1.807) is 36.4 Å². The van der Waals surface area contributed by atoms with Crippen LogP contribution < -0.4 is 24.7 Å². The molecule has 1 heterocycles. The number of hydrogen-bond acceptors (Lipinski definition) is 7. The third-order valence-electron chi connectivity index (χ3n) is 6.44. The lowest BCUT2D eigenvalue weighted by Gasteiger charge is -2.27. The van der Waals surface area contributed by atoms with E-state index in [1.807, 2.05) is 6.07 Å². The molecular weight excluding hydrogens is 677 g/mol. The highest BCUT2D eigenvalue weighted by molar-refractivity contribution is 6.55. The van der Waals surface area contributed by atoms with Crippen molar-refractivity contribution in [1.29, 1.82) is 5.26 Å². The molecule has 5 rings (SSSR count). The molecule has 0 aromatic heterocycles. The average Bonchev–Trinajstić information content (AvgIpc) is 3.02. The van der Waals surface area contributed by atoms with E-state index in [0.29, 0.717) is 16.9 Å². The molecule has 44 heavy (non-hydrogen) atoms. The SMILES string of the molecule is N#CC1=C(N)Oc2cc(OC(=O)COc3c(Cl)c(Cl)c(Cl)c(Cl)c3Cl)ccc2C1c1cccc(OCc2ccc(F)cc2)c1. The highest BCUT2D eigenvalue weighted by atomic mass is 35.5. The normalized spacial score (nSPS) is 13.9. The van der Waals surface area contributed by atoms with Crippen LogP contribution in [0, 0.1) is 17.1 Å². The number of hydrogen-bond donors (Lipinski definition) is 1. The number of allylic oxidation sites excluding steroid dienone is 1. The maximum Gasteiger partial charge on any atom is 0.349 e. The maximum atomic E-state index is 13.2. The Hall–Kier alpha value is -3.84. The van der Waals surface area contributed by atoms with Crippen LogP contribution in [0.25, 0.3) is 0 Å². The summed E-state index contributed by atoms with van der Waals surface area (Å²) < 4.78 is 35.7. The van der Waals surface area contributed by atoms with Crippen LogP contribution in [0.2, 0.25) is 25.1 Å². The molecule has 0 fully saturated rings. The van der Waals surface area contributed by atoms with Gasteiger partial charge in [0.1, 0.15) is 51.4 Å². The quantitative estimate of drug-likeness (QED) is 0.0851. The molecular formula is C31H18Cl5FN2O5. The number of nitrogens with two attached hydrogens (primary N) is 1. The van der Waals surface area contributed by atoms with Gasteiger partial charge in [-0.05, 0) is 41.5 Å². The Labute approximate surface area is 275 Å². The molecule has 1 aliphatic rings. The number of nitriles is 1. The molecule has 13 heteroatoms. The third kappa shape index (κ3) is 6.63. The molecule has 0 radical (unpaired) electrons. The van der Waals surface area contributed by atoms with Crippen molar-refractivity contribution in [3.05, 3.63) is 126 Å². The Morgan fingerprint density at radius 1 is 0.886 bits per heavy atom. The topological polar surface area (TPSA) is 104 Å². The number of carbonyl (C=O) groups excluding carboxylic acids is 1. The molecule has 2 N–H and O–H groups in total. The first-order valence-electron chi connectivity index (χ1n) is 12.6. The van der Waals surface area contributed by atoms with Crippen LogP contribution in [0.5, 0.6) is 23.0 Å². The van der Waals surface area contributed by atoms with Crippen molar-refractivity contribution in [3.8, 4) is 29.1 Å². The van der Waals surface area contributed by atoms with Gasteiger partial charge in [-0.1, -0.05) is 88.3 Å². The smallest absolute Gasteiger partial charge is 0.349 e. The number of halogens is 6. The van der Waals surface area contributed by atoms with Crippen molar-refractivity contribution in [2.75, 3.05) is 6.61 Å². The molecule has 0 spiro atoms. The van der Waals surface area contributed by atoms with Gasteiger partial charge in [0.25, 0.3) is 0 Å². The highest BCUT2D eigenvalue weighted by Crippen LogP contribution is 2.48. The second-order valence-electron chi connectivity index (χ2n) is 9.27. The summed E-state index contributed by atoms with van der Waals surface area (Å²) in [6.45, 7) is -0.383.